The highest BCUT2D eigenvalue weighted by Crippen LogP contribution is 2.16. The van der Waals surface area contributed by atoms with Crippen LogP contribution in [0.15, 0.2) is 22.7 Å². The Balaban J connectivity index is 2.52. The van der Waals surface area contributed by atoms with Crippen molar-refractivity contribution in [2.45, 2.75) is 26.3 Å². The number of rotatable bonds is 3. The minimum atomic E-state index is -0.995. The average Bonchev–Trinajstić information content (AvgIpc) is 2.36. The van der Waals surface area contributed by atoms with Crippen LogP contribution in [0.25, 0.3) is 0 Å². The van der Waals surface area contributed by atoms with Crippen LogP contribution in [0.1, 0.15) is 31.1 Å². The van der Waals surface area contributed by atoms with E-state index in [1.807, 2.05) is 5.32 Å². The zero-order chi connectivity index (χ0) is 16.9. The van der Waals surface area contributed by atoms with Crippen LogP contribution in [0.3, 0.4) is 0 Å². The zero-order valence-corrected chi connectivity index (χ0v) is 13.9. The van der Waals surface area contributed by atoms with Crippen molar-refractivity contribution >= 4 is 33.8 Å². The largest absolute Gasteiger partial charge is 0.452 e. The summed E-state index contributed by atoms with van der Waals surface area (Å²) < 4.78 is 18.6. The van der Waals surface area contributed by atoms with E-state index < -0.39 is 35.9 Å². The lowest BCUT2D eigenvalue weighted by Gasteiger charge is -2.20. The summed E-state index contributed by atoms with van der Waals surface area (Å²) in [5, 5.41) is 4.51. The lowest BCUT2D eigenvalue weighted by Crippen LogP contribution is -2.49. The van der Waals surface area contributed by atoms with Gasteiger partial charge in [-0.05, 0) is 39.0 Å². The number of hydrogen-bond acceptors (Lipinski definition) is 4. The van der Waals surface area contributed by atoms with Crippen LogP contribution < -0.4 is 10.6 Å². The predicted octanol–water partition coefficient (Wildman–Crippen LogP) is 2.37. The fourth-order valence-corrected chi connectivity index (χ4v) is 1.76. The standard InChI is InChI=1S/C14H16BrFN2O4/c1-14(2,3)18-13(21)17-11(19)7-22-12(20)9-6-8(15)4-5-10(9)16/h4-6H,7H2,1-3H3,(H2,17,18,19,21). The van der Waals surface area contributed by atoms with Gasteiger partial charge in [-0.2, -0.15) is 0 Å². The van der Waals surface area contributed by atoms with E-state index in [0.717, 1.165) is 6.07 Å². The summed E-state index contributed by atoms with van der Waals surface area (Å²) in [7, 11) is 0. The number of amides is 3. The third-order valence-electron chi connectivity index (χ3n) is 2.22. The fourth-order valence-electron chi connectivity index (χ4n) is 1.40. The van der Waals surface area contributed by atoms with Crippen molar-refractivity contribution < 1.29 is 23.5 Å². The first-order chi connectivity index (χ1) is 10.1. The van der Waals surface area contributed by atoms with Crippen LogP contribution >= 0.6 is 15.9 Å². The molecule has 120 valence electrons. The molecule has 0 aliphatic carbocycles. The number of carbonyl (C=O) groups excluding carboxylic acids is 3. The molecule has 0 aromatic heterocycles. The monoisotopic (exact) mass is 374 g/mol. The third-order valence-corrected chi connectivity index (χ3v) is 2.72. The second-order valence-electron chi connectivity index (χ2n) is 5.45. The molecule has 0 saturated carbocycles. The summed E-state index contributed by atoms with van der Waals surface area (Å²) in [6.45, 7) is 4.54. The van der Waals surface area contributed by atoms with E-state index in [9.17, 15) is 18.8 Å². The highest BCUT2D eigenvalue weighted by Gasteiger charge is 2.18. The van der Waals surface area contributed by atoms with E-state index in [4.69, 9.17) is 0 Å². The molecule has 0 atom stereocenters. The van der Waals surface area contributed by atoms with Gasteiger partial charge < -0.3 is 10.1 Å². The van der Waals surface area contributed by atoms with Gasteiger partial charge in [-0.3, -0.25) is 10.1 Å². The smallest absolute Gasteiger partial charge is 0.341 e. The normalized spacial score (nSPS) is 10.8. The van der Waals surface area contributed by atoms with Gasteiger partial charge in [-0.25, -0.2) is 14.0 Å². The summed E-state index contributed by atoms with van der Waals surface area (Å²) in [5.41, 5.74) is -0.818. The summed E-state index contributed by atoms with van der Waals surface area (Å²) in [4.78, 5) is 34.6. The van der Waals surface area contributed by atoms with Gasteiger partial charge in [0.25, 0.3) is 5.91 Å². The van der Waals surface area contributed by atoms with E-state index in [1.165, 1.54) is 12.1 Å². The molecule has 8 heteroatoms. The zero-order valence-electron chi connectivity index (χ0n) is 12.3. The number of imide groups is 1. The number of nitrogens with one attached hydrogen (secondary N) is 2. The van der Waals surface area contributed by atoms with Crippen LogP contribution in [-0.2, 0) is 9.53 Å². The molecule has 2 N–H and O–H groups in total. The van der Waals surface area contributed by atoms with Gasteiger partial charge in [0.2, 0.25) is 0 Å². The van der Waals surface area contributed by atoms with Gasteiger partial charge in [0.1, 0.15) is 5.82 Å². The van der Waals surface area contributed by atoms with Crippen LogP contribution in [0, 0.1) is 5.82 Å². The molecule has 1 aromatic carbocycles. The molecule has 0 fully saturated rings. The first kappa shape index (κ1) is 18.1. The number of urea groups is 1. The molecule has 0 spiro atoms. The Morgan fingerprint density at radius 2 is 1.91 bits per heavy atom. The minimum Gasteiger partial charge on any atom is -0.452 e. The summed E-state index contributed by atoms with van der Waals surface area (Å²) >= 11 is 3.10. The maximum absolute atomic E-state index is 13.5. The maximum Gasteiger partial charge on any atom is 0.341 e. The molecule has 0 unspecified atom stereocenters. The first-order valence-electron chi connectivity index (χ1n) is 6.32. The van der Waals surface area contributed by atoms with Crippen molar-refractivity contribution in [3.05, 3.63) is 34.1 Å². The molecule has 0 radical (unpaired) electrons. The molecule has 1 rings (SSSR count). The molecule has 0 aliphatic heterocycles. The third kappa shape index (κ3) is 6.21. The van der Waals surface area contributed by atoms with Crippen molar-refractivity contribution in [2.75, 3.05) is 6.61 Å². The second kappa shape index (κ2) is 7.35. The lowest BCUT2D eigenvalue weighted by molar-refractivity contribution is -0.123. The number of benzene rings is 1. The average molecular weight is 375 g/mol. The van der Waals surface area contributed by atoms with E-state index in [-0.39, 0.29) is 5.56 Å². The Kier molecular flexibility index (Phi) is 6.04. The Morgan fingerprint density at radius 3 is 2.50 bits per heavy atom. The SMILES string of the molecule is CC(C)(C)NC(=O)NC(=O)COC(=O)c1cc(Br)ccc1F. The van der Waals surface area contributed by atoms with Crippen LogP contribution in [0.2, 0.25) is 0 Å². The van der Waals surface area contributed by atoms with Gasteiger partial charge in [0, 0.05) is 10.0 Å². The Bertz CT molecular complexity index is 599. The highest BCUT2D eigenvalue weighted by molar-refractivity contribution is 9.10. The van der Waals surface area contributed by atoms with Crippen molar-refractivity contribution in [3.8, 4) is 0 Å². The first-order valence-corrected chi connectivity index (χ1v) is 7.12. The Labute approximate surface area is 135 Å². The molecule has 0 aliphatic rings. The van der Waals surface area contributed by atoms with Crippen molar-refractivity contribution in [1.29, 1.82) is 0 Å². The van der Waals surface area contributed by atoms with E-state index in [2.05, 4.69) is 26.0 Å². The molecular weight excluding hydrogens is 359 g/mol. The van der Waals surface area contributed by atoms with Crippen molar-refractivity contribution in [3.63, 3.8) is 0 Å². The fraction of sp³-hybridized carbons (Fsp3) is 0.357. The number of hydrogen-bond donors (Lipinski definition) is 2. The van der Waals surface area contributed by atoms with E-state index >= 15 is 0 Å². The molecule has 0 bridgehead atoms. The van der Waals surface area contributed by atoms with Gasteiger partial charge in [-0.15, -0.1) is 0 Å². The molecule has 6 nitrogen and oxygen atoms in total. The summed E-state index contributed by atoms with van der Waals surface area (Å²) in [6.07, 6.45) is 0. The van der Waals surface area contributed by atoms with Gasteiger partial charge in [-0.1, -0.05) is 15.9 Å². The number of esters is 1. The van der Waals surface area contributed by atoms with Crippen LogP contribution in [0.5, 0.6) is 0 Å². The van der Waals surface area contributed by atoms with Crippen molar-refractivity contribution in [2.24, 2.45) is 0 Å². The predicted molar refractivity (Wildman–Crippen MR) is 80.8 cm³/mol. The van der Waals surface area contributed by atoms with Crippen molar-refractivity contribution in [1.82, 2.24) is 10.6 Å². The topological polar surface area (TPSA) is 84.5 Å². The number of ether oxygens (including phenoxy) is 1. The molecule has 0 saturated heterocycles. The van der Waals surface area contributed by atoms with Gasteiger partial charge in [0.15, 0.2) is 6.61 Å². The van der Waals surface area contributed by atoms with Gasteiger partial charge in [0.05, 0.1) is 5.56 Å². The minimum absolute atomic E-state index is 0.304. The quantitative estimate of drug-likeness (QED) is 0.795. The van der Waals surface area contributed by atoms with Crippen LogP contribution in [-0.4, -0.2) is 30.1 Å². The van der Waals surface area contributed by atoms with Crippen LogP contribution in [0.4, 0.5) is 9.18 Å². The Morgan fingerprint density at radius 1 is 1.27 bits per heavy atom. The number of carbonyl (C=O) groups is 3. The molecule has 3 amide bonds. The Hall–Kier alpha value is -1.96. The molecule has 1 aromatic rings. The summed E-state index contributed by atoms with van der Waals surface area (Å²) in [6, 6.07) is 3.05. The second-order valence-corrected chi connectivity index (χ2v) is 6.37. The molecule has 0 heterocycles. The molecular formula is C14H16BrFN2O4. The highest BCUT2D eigenvalue weighted by atomic mass is 79.9. The summed E-state index contributed by atoms with van der Waals surface area (Å²) in [5.74, 6) is -2.57. The van der Waals surface area contributed by atoms with Gasteiger partial charge >= 0.3 is 12.0 Å². The number of halogens is 2. The van der Waals surface area contributed by atoms with E-state index in [0.29, 0.717) is 4.47 Å². The van der Waals surface area contributed by atoms with E-state index in [1.54, 1.807) is 20.8 Å². The molecule has 22 heavy (non-hydrogen) atoms. The lowest BCUT2D eigenvalue weighted by atomic mass is 10.1. The maximum atomic E-state index is 13.5.